The maximum absolute atomic E-state index is 13.7. The quantitative estimate of drug-likeness (QED) is 0.866. The lowest BCUT2D eigenvalue weighted by molar-refractivity contribution is 0.173. The summed E-state index contributed by atoms with van der Waals surface area (Å²) < 4.78 is 13.7. The highest BCUT2D eigenvalue weighted by atomic mass is 19.1. The van der Waals surface area contributed by atoms with Crippen LogP contribution in [-0.4, -0.2) is 5.11 Å². The number of hydrogen-bond donors (Lipinski definition) is 1. The molecule has 0 amide bonds. The second-order valence-electron chi connectivity index (χ2n) is 5.64. The van der Waals surface area contributed by atoms with E-state index in [0.29, 0.717) is 17.9 Å². The van der Waals surface area contributed by atoms with E-state index >= 15 is 0 Å². The highest BCUT2D eigenvalue weighted by Gasteiger charge is 2.13. The van der Waals surface area contributed by atoms with Gasteiger partial charge in [0.2, 0.25) is 0 Å². The molecule has 1 N–H and O–H groups in total. The summed E-state index contributed by atoms with van der Waals surface area (Å²) in [6.45, 7) is 6.19. The number of halogens is 1. The van der Waals surface area contributed by atoms with Gasteiger partial charge in [0.15, 0.2) is 0 Å². The molecule has 0 spiro atoms. The molecule has 0 saturated carbocycles. The second kappa shape index (κ2) is 6.19. The molecular weight excluding hydrogens is 251 g/mol. The molecule has 1 unspecified atom stereocenters. The summed E-state index contributed by atoms with van der Waals surface area (Å²) in [6, 6.07) is 13.0. The van der Waals surface area contributed by atoms with Crippen LogP contribution in [0, 0.1) is 12.7 Å². The smallest absolute Gasteiger partial charge is 0.129 e. The van der Waals surface area contributed by atoms with Gasteiger partial charge in [-0.3, -0.25) is 0 Å². The third kappa shape index (κ3) is 3.45. The Hall–Kier alpha value is -1.67. The van der Waals surface area contributed by atoms with E-state index in [4.69, 9.17) is 0 Å². The molecule has 0 bridgehead atoms. The summed E-state index contributed by atoms with van der Waals surface area (Å²) in [4.78, 5) is 0. The average molecular weight is 272 g/mol. The summed E-state index contributed by atoms with van der Waals surface area (Å²) in [5.74, 6) is 0.144. The van der Waals surface area contributed by atoms with E-state index in [1.165, 1.54) is 11.6 Å². The summed E-state index contributed by atoms with van der Waals surface area (Å²) >= 11 is 0. The zero-order valence-electron chi connectivity index (χ0n) is 12.2. The monoisotopic (exact) mass is 272 g/mol. The van der Waals surface area contributed by atoms with E-state index in [9.17, 15) is 9.50 Å². The number of rotatable bonds is 4. The molecule has 0 aromatic heterocycles. The number of aliphatic hydroxyl groups excluding tert-OH is 1. The van der Waals surface area contributed by atoms with Crippen molar-refractivity contribution in [2.24, 2.45) is 0 Å². The lowest BCUT2D eigenvalue weighted by Crippen LogP contribution is -2.05. The van der Waals surface area contributed by atoms with Gasteiger partial charge in [0.05, 0.1) is 6.10 Å². The number of hydrogen-bond acceptors (Lipinski definition) is 1. The predicted octanol–water partition coefficient (Wildman–Crippen LogP) is 4.53. The number of aliphatic hydroxyl groups is 1. The predicted molar refractivity (Wildman–Crippen MR) is 80.3 cm³/mol. The molecule has 2 heteroatoms. The largest absolute Gasteiger partial charge is 0.388 e. The Labute approximate surface area is 120 Å². The summed E-state index contributed by atoms with van der Waals surface area (Å²) in [7, 11) is 0. The highest BCUT2D eigenvalue weighted by Crippen LogP contribution is 2.23. The molecule has 0 aliphatic carbocycles. The molecule has 20 heavy (non-hydrogen) atoms. The van der Waals surface area contributed by atoms with Crippen molar-refractivity contribution in [2.75, 3.05) is 0 Å². The van der Waals surface area contributed by atoms with Gasteiger partial charge in [-0.25, -0.2) is 4.39 Å². The van der Waals surface area contributed by atoms with Crippen molar-refractivity contribution in [3.63, 3.8) is 0 Å². The van der Waals surface area contributed by atoms with Gasteiger partial charge in [-0.05, 0) is 30.0 Å². The van der Waals surface area contributed by atoms with Gasteiger partial charge in [-0.15, -0.1) is 0 Å². The molecule has 0 radical (unpaired) electrons. The van der Waals surface area contributed by atoms with Crippen LogP contribution in [0.1, 0.15) is 48.1 Å². The Morgan fingerprint density at radius 3 is 2.30 bits per heavy atom. The Bertz CT molecular complexity index is 572. The van der Waals surface area contributed by atoms with Crippen molar-refractivity contribution in [3.8, 4) is 0 Å². The van der Waals surface area contributed by atoms with Crippen molar-refractivity contribution in [3.05, 3.63) is 70.5 Å². The first kappa shape index (κ1) is 14.7. The molecule has 0 aliphatic rings. The van der Waals surface area contributed by atoms with Crippen LogP contribution in [0.5, 0.6) is 0 Å². The third-order valence-corrected chi connectivity index (χ3v) is 3.59. The second-order valence-corrected chi connectivity index (χ2v) is 5.64. The SMILES string of the molecule is Cc1ccc(F)c(C(O)Cc2ccc(C(C)C)cc2)c1. The van der Waals surface area contributed by atoms with Gasteiger partial charge < -0.3 is 5.11 Å². The minimum atomic E-state index is -0.806. The molecule has 106 valence electrons. The number of benzene rings is 2. The maximum Gasteiger partial charge on any atom is 0.129 e. The zero-order valence-corrected chi connectivity index (χ0v) is 12.2. The van der Waals surface area contributed by atoms with Crippen molar-refractivity contribution in [1.29, 1.82) is 0 Å². The average Bonchev–Trinajstić information content (AvgIpc) is 2.42. The van der Waals surface area contributed by atoms with Gasteiger partial charge >= 0.3 is 0 Å². The normalized spacial score (nSPS) is 12.7. The van der Waals surface area contributed by atoms with Crippen LogP contribution in [-0.2, 0) is 6.42 Å². The van der Waals surface area contributed by atoms with Crippen LogP contribution in [0.3, 0.4) is 0 Å². The molecule has 1 nitrogen and oxygen atoms in total. The Morgan fingerprint density at radius 1 is 1.05 bits per heavy atom. The van der Waals surface area contributed by atoms with E-state index < -0.39 is 6.10 Å². The first-order valence-electron chi connectivity index (χ1n) is 7.00. The van der Waals surface area contributed by atoms with E-state index in [1.807, 2.05) is 19.1 Å². The van der Waals surface area contributed by atoms with Gasteiger partial charge in [0, 0.05) is 12.0 Å². The standard InChI is InChI=1S/C18H21FO/c1-12(2)15-7-5-14(6-8-15)11-18(20)16-10-13(3)4-9-17(16)19/h4-10,12,18,20H,11H2,1-3H3. The lowest BCUT2D eigenvalue weighted by Gasteiger charge is -2.14. The van der Waals surface area contributed by atoms with Crippen molar-refractivity contribution < 1.29 is 9.50 Å². The summed E-state index contributed by atoms with van der Waals surface area (Å²) in [5.41, 5.74) is 3.61. The molecule has 0 fully saturated rings. The fourth-order valence-corrected chi connectivity index (χ4v) is 2.29. The molecule has 1 atom stereocenters. The first-order chi connectivity index (χ1) is 9.47. The van der Waals surface area contributed by atoms with Crippen molar-refractivity contribution >= 4 is 0 Å². The number of aryl methyl sites for hydroxylation is 1. The highest BCUT2D eigenvalue weighted by molar-refractivity contribution is 5.29. The Morgan fingerprint density at radius 2 is 1.70 bits per heavy atom. The molecule has 2 aromatic carbocycles. The van der Waals surface area contributed by atoms with Crippen molar-refractivity contribution in [2.45, 2.75) is 39.2 Å². The van der Waals surface area contributed by atoms with Crippen molar-refractivity contribution in [1.82, 2.24) is 0 Å². The molecule has 0 saturated heterocycles. The first-order valence-corrected chi connectivity index (χ1v) is 7.00. The minimum Gasteiger partial charge on any atom is -0.388 e. The van der Waals surface area contributed by atoms with E-state index in [1.54, 1.807) is 12.1 Å². The summed E-state index contributed by atoms with van der Waals surface area (Å²) in [6.07, 6.45) is -0.376. The minimum absolute atomic E-state index is 0.345. The fraction of sp³-hybridized carbons (Fsp3) is 0.333. The summed E-state index contributed by atoms with van der Waals surface area (Å²) in [5, 5.41) is 10.2. The van der Waals surface area contributed by atoms with Gasteiger partial charge in [0.1, 0.15) is 5.82 Å². The van der Waals surface area contributed by atoms with E-state index in [0.717, 1.165) is 11.1 Å². The van der Waals surface area contributed by atoms with Crippen LogP contribution in [0.2, 0.25) is 0 Å². The zero-order chi connectivity index (χ0) is 14.7. The maximum atomic E-state index is 13.7. The van der Waals surface area contributed by atoms with Crippen LogP contribution in [0.15, 0.2) is 42.5 Å². The fourth-order valence-electron chi connectivity index (χ4n) is 2.29. The molecule has 0 heterocycles. The lowest BCUT2D eigenvalue weighted by atomic mass is 9.97. The van der Waals surface area contributed by atoms with E-state index in [-0.39, 0.29) is 5.82 Å². The van der Waals surface area contributed by atoms with Crippen LogP contribution < -0.4 is 0 Å². The molecule has 2 rings (SSSR count). The molecule has 2 aromatic rings. The topological polar surface area (TPSA) is 20.2 Å². The van der Waals surface area contributed by atoms with Crippen LogP contribution in [0.25, 0.3) is 0 Å². The van der Waals surface area contributed by atoms with Gasteiger partial charge in [0.25, 0.3) is 0 Å². The van der Waals surface area contributed by atoms with E-state index in [2.05, 4.69) is 26.0 Å². The van der Waals surface area contributed by atoms with Crippen LogP contribution >= 0.6 is 0 Å². The van der Waals surface area contributed by atoms with Gasteiger partial charge in [-0.2, -0.15) is 0 Å². The molecular formula is C18H21FO. The molecule has 0 aliphatic heterocycles. The Kier molecular flexibility index (Phi) is 4.56. The third-order valence-electron chi connectivity index (χ3n) is 3.59. The Balaban J connectivity index is 2.14. The van der Waals surface area contributed by atoms with Crippen LogP contribution in [0.4, 0.5) is 4.39 Å². The van der Waals surface area contributed by atoms with Gasteiger partial charge in [-0.1, -0.05) is 55.8 Å².